The van der Waals surface area contributed by atoms with E-state index in [9.17, 15) is 0 Å². The van der Waals surface area contributed by atoms with Crippen LogP contribution in [-0.4, -0.2) is 15.4 Å². The molecule has 0 saturated carbocycles. The van der Waals surface area contributed by atoms with Crippen LogP contribution < -0.4 is 0 Å². The molecule has 2 aromatic rings. The Hall–Kier alpha value is -1.64. The molecular weight excluding hydrogens is 174 g/mol. The molecule has 1 aromatic carbocycles. The van der Waals surface area contributed by atoms with Crippen molar-refractivity contribution in [3.63, 3.8) is 0 Å². The molecule has 1 heterocycles. The van der Waals surface area contributed by atoms with Gasteiger partial charge in [0.15, 0.2) is 0 Å². The van der Waals surface area contributed by atoms with Crippen molar-refractivity contribution in [1.29, 1.82) is 0 Å². The van der Waals surface area contributed by atoms with Crippen LogP contribution in [0, 0.1) is 0 Å². The maximum Gasteiger partial charge on any atom is 0.112 e. The monoisotopic (exact) mass is 187 g/mol. The topological polar surface area (TPSA) is 41.6 Å². The van der Waals surface area contributed by atoms with Crippen LogP contribution in [0.2, 0.25) is 0 Å². The van der Waals surface area contributed by atoms with Crippen molar-refractivity contribution in [2.45, 2.75) is 19.8 Å². The second-order valence-corrected chi connectivity index (χ2v) is 3.31. The highest BCUT2D eigenvalue weighted by Gasteiger charge is 1.99. The van der Waals surface area contributed by atoms with Gasteiger partial charge in [0, 0.05) is 11.8 Å². The molecule has 0 fully saturated rings. The molecule has 0 bridgehead atoms. The zero-order valence-corrected chi connectivity index (χ0v) is 8.20. The van der Waals surface area contributed by atoms with Gasteiger partial charge in [-0.2, -0.15) is 0 Å². The van der Waals surface area contributed by atoms with Gasteiger partial charge in [-0.1, -0.05) is 42.8 Å². The van der Waals surface area contributed by atoms with Crippen molar-refractivity contribution >= 4 is 0 Å². The molecule has 0 aliphatic heterocycles. The highest BCUT2D eigenvalue weighted by molar-refractivity contribution is 5.57. The fraction of sp³-hybridized carbons (Fsp3) is 0.273. The maximum absolute atomic E-state index is 3.96. The van der Waals surface area contributed by atoms with E-state index < -0.39 is 0 Å². The summed E-state index contributed by atoms with van der Waals surface area (Å²) in [5.41, 5.74) is 3.38. The van der Waals surface area contributed by atoms with Gasteiger partial charge in [0.2, 0.25) is 0 Å². The second-order valence-electron chi connectivity index (χ2n) is 3.31. The number of rotatable bonds is 3. The van der Waals surface area contributed by atoms with E-state index in [0.29, 0.717) is 0 Å². The van der Waals surface area contributed by atoms with E-state index in [1.807, 2.05) is 0 Å². The Morgan fingerprint density at radius 2 is 2.00 bits per heavy atom. The van der Waals surface area contributed by atoms with E-state index in [4.69, 9.17) is 0 Å². The lowest BCUT2D eigenvalue weighted by atomic mass is 10.1. The lowest BCUT2D eigenvalue weighted by Gasteiger charge is -1.99. The maximum atomic E-state index is 3.96. The van der Waals surface area contributed by atoms with E-state index in [2.05, 4.69) is 46.6 Å². The van der Waals surface area contributed by atoms with Gasteiger partial charge in [0.05, 0.1) is 0 Å². The number of hydrogen-bond donors (Lipinski definition) is 1. The summed E-state index contributed by atoms with van der Waals surface area (Å²) in [6.07, 6.45) is 4.12. The first-order chi connectivity index (χ1) is 6.90. The third-order valence-corrected chi connectivity index (χ3v) is 2.21. The molecule has 1 N–H and O–H groups in total. The van der Waals surface area contributed by atoms with Gasteiger partial charge in [0.1, 0.15) is 5.69 Å². The zero-order chi connectivity index (χ0) is 9.80. The summed E-state index contributed by atoms with van der Waals surface area (Å²) in [6, 6.07) is 8.46. The van der Waals surface area contributed by atoms with Gasteiger partial charge < -0.3 is 0 Å². The van der Waals surface area contributed by atoms with E-state index >= 15 is 0 Å². The van der Waals surface area contributed by atoms with Crippen LogP contribution in [0.4, 0.5) is 0 Å². The van der Waals surface area contributed by atoms with Crippen molar-refractivity contribution < 1.29 is 0 Å². The van der Waals surface area contributed by atoms with Crippen molar-refractivity contribution in [3.8, 4) is 11.3 Å². The summed E-state index contributed by atoms with van der Waals surface area (Å²) < 4.78 is 0. The van der Waals surface area contributed by atoms with Crippen LogP contribution in [-0.2, 0) is 6.42 Å². The molecule has 0 spiro atoms. The van der Waals surface area contributed by atoms with E-state index in [-0.39, 0.29) is 0 Å². The number of nitrogens with zero attached hydrogens (tertiary/aromatic N) is 2. The third kappa shape index (κ3) is 1.82. The molecule has 3 nitrogen and oxygen atoms in total. The number of benzene rings is 1. The molecular formula is C11H13N3. The molecule has 0 aliphatic rings. The van der Waals surface area contributed by atoms with Crippen molar-refractivity contribution in [1.82, 2.24) is 15.4 Å². The Morgan fingerprint density at radius 1 is 1.21 bits per heavy atom. The lowest BCUT2D eigenvalue weighted by Crippen LogP contribution is -1.83. The largest absolute Gasteiger partial charge is 0.265 e. The van der Waals surface area contributed by atoms with Crippen molar-refractivity contribution in [2.75, 3.05) is 0 Å². The second kappa shape index (κ2) is 4.05. The quantitative estimate of drug-likeness (QED) is 0.801. The van der Waals surface area contributed by atoms with Gasteiger partial charge >= 0.3 is 0 Å². The lowest BCUT2D eigenvalue weighted by molar-refractivity contribution is 0.921. The van der Waals surface area contributed by atoms with Gasteiger partial charge in [-0.3, -0.25) is 5.10 Å². The summed E-state index contributed by atoms with van der Waals surface area (Å²) in [6.45, 7) is 2.19. The van der Waals surface area contributed by atoms with Gasteiger partial charge in [0.25, 0.3) is 0 Å². The number of aryl methyl sites for hydroxylation is 1. The first-order valence-electron chi connectivity index (χ1n) is 4.86. The standard InChI is InChI=1S/C11H13N3/c1-2-3-9-4-6-10(7-5-9)11-8-12-14-13-11/h4-8H,2-3H2,1H3,(H,12,13,14). The minimum absolute atomic E-state index is 0.896. The molecule has 0 radical (unpaired) electrons. The Balaban J connectivity index is 2.22. The molecule has 0 aliphatic carbocycles. The van der Waals surface area contributed by atoms with E-state index in [1.54, 1.807) is 6.20 Å². The van der Waals surface area contributed by atoms with Crippen LogP contribution >= 0.6 is 0 Å². The van der Waals surface area contributed by atoms with Crippen LogP contribution in [0.25, 0.3) is 11.3 Å². The van der Waals surface area contributed by atoms with E-state index in [0.717, 1.165) is 17.7 Å². The normalized spacial score (nSPS) is 10.4. The highest BCUT2D eigenvalue weighted by Crippen LogP contribution is 2.16. The average Bonchev–Trinajstić information content (AvgIpc) is 2.72. The zero-order valence-electron chi connectivity index (χ0n) is 8.20. The third-order valence-electron chi connectivity index (χ3n) is 2.21. The summed E-state index contributed by atoms with van der Waals surface area (Å²) in [5.74, 6) is 0. The summed E-state index contributed by atoms with van der Waals surface area (Å²) in [7, 11) is 0. The molecule has 0 amide bonds. The first-order valence-corrected chi connectivity index (χ1v) is 4.86. The van der Waals surface area contributed by atoms with Gasteiger partial charge in [-0.05, 0) is 12.0 Å². The van der Waals surface area contributed by atoms with Crippen LogP contribution in [0.3, 0.4) is 0 Å². The number of aromatic nitrogens is 3. The number of nitrogens with one attached hydrogen (secondary N) is 1. The minimum Gasteiger partial charge on any atom is -0.265 e. The summed E-state index contributed by atoms with van der Waals surface area (Å²) >= 11 is 0. The summed E-state index contributed by atoms with van der Waals surface area (Å²) in [5, 5.41) is 10.3. The Labute approximate surface area is 83.2 Å². The van der Waals surface area contributed by atoms with E-state index in [1.165, 1.54) is 12.0 Å². The van der Waals surface area contributed by atoms with Gasteiger partial charge in [-0.25, -0.2) is 0 Å². The number of aromatic amines is 1. The number of H-pyrrole nitrogens is 1. The molecule has 1 aromatic heterocycles. The first kappa shape index (κ1) is 8.94. The van der Waals surface area contributed by atoms with Crippen LogP contribution in [0.1, 0.15) is 18.9 Å². The van der Waals surface area contributed by atoms with Crippen molar-refractivity contribution in [3.05, 3.63) is 36.0 Å². The molecule has 72 valence electrons. The molecule has 2 rings (SSSR count). The van der Waals surface area contributed by atoms with Gasteiger partial charge in [-0.15, -0.1) is 5.10 Å². The Bertz CT molecular complexity index is 375. The minimum atomic E-state index is 0.896. The molecule has 0 unspecified atom stereocenters. The fourth-order valence-corrected chi connectivity index (χ4v) is 1.47. The molecule has 14 heavy (non-hydrogen) atoms. The molecule has 0 atom stereocenters. The van der Waals surface area contributed by atoms with Crippen molar-refractivity contribution in [2.24, 2.45) is 0 Å². The predicted octanol–water partition coefficient (Wildman–Crippen LogP) is 2.42. The van der Waals surface area contributed by atoms with Crippen LogP contribution in [0.5, 0.6) is 0 Å². The highest BCUT2D eigenvalue weighted by atomic mass is 15.3. The Kier molecular flexibility index (Phi) is 2.58. The number of hydrogen-bond acceptors (Lipinski definition) is 2. The summed E-state index contributed by atoms with van der Waals surface area (Å²) in [4.78, 5) is 0. The average molecular weight is 187 g/mol. The SMILES string of the molecule is CCCc1ccc(-c2c[nH]nn2)cc1. The fourth-order valence-electron chi connectivity index (χ4n) is 1.47. The molecule has 0 saturated heterocycles. The Morgan fingerprint density at radius 3 is 2.57 bits per heavy atom. The smallest absolute Gasteiger partial charge is 0.112 e. The van der Waals surface area contributed by atoms with Crippen LogP contribution in [0.15, 0.2) is 30.5 Å². The molecule has 3 heteroatoms. The predicted molar refractivity (Wildman–Crippen MR) is 55.8 cm³/mol.